The number of hydrogen-bond acceptors (Lipinski definition) is 3. The minimum absolute atomic E-state index is 0.0172. The molecule has 3 heterocycles. The monoisotopic (exact) mass is 268 g/mol. The molecule has 3 rings (SSSR count). The van der Waals surface area contributed by atoms with Gasteiger partial charge in [-0.15, -0.1) is 0 Å². The molecule has 0 radical (unpaired) electrons. The van der Waals surface area contributed by atoms with Crippen molar-refractivity contribution in [3.05, 3.63) is 0 Å². The van der Waals surface area contributed by atoms with E-state index in [1.165, 1.54) is 0 Å². The molecule has 0 aliphatic carbocycles. The molecule has 1 N–H and O–H groups in total. The van der Waals surface area contributed by atoms with Gasteiger partial charge >= 0.3 is 12.0 Å². The molecular formula is C13H20N2O4. The fraction of sp³-hybridized carbons (Fsp3) is 0.846. The van der Waals surface area contributed by atoms with E-state index < -0.39 is 11.9 Å². The lowest BCUT2D eigenvalue weighted by atomic mass is 10.0. The van der Waals surface area contributed by atoms with Gasteiger partial charge in [-0.1, -0.05) is 0 Å². The van der Waals surface area contributed by atoms with Crippen LogP contribution in [0.4, 0.5) is 4.79 Å². The Hall–Kier alpha value is -1.30. The lowest BCUT2D eigenvalue weighted by Crippen LogP contribution is -2.52. The van der Waals surface area contributed by atoms with Crippen LogP contribution in [0.3, 0.4) is 0 Å². The number of ether oxygens (including phenoxy) is 1. The molecule has 3 aliphatic rings. The Morgan fingerprint density at radius 1 is 1.16 bits per heavy atom. The van der Waals surface area contributed by atoms with E-state index in [1.54, 1.807) is 4.90 Å². The normalized spacial score (nSPS) is 37.7. The van der Waals surface area contributed by atoms with Crippen molar-refractivity contribution in [2.24, 2.45) is 5.92 Å². The molecule has 106 valence electrons. The van der Waals surface area contributed by atoms with Crippen LogP contribution < -0.4 is 0 Å². The summed E-state index contributed by atoms with van der Waals surface area (Å²) in [7, 11) is 0. The minimum atomic E-state index is -0.801. The Balaban J connectivity index is 1.66. The van der Waals surface area contributed by atoms with Gasteiger partial charge in [0.05, 0.1) is 18.1 Å². The van der Waals surface area contributed by atoms with Gasteiger partial charge in [-0.3, -0.25) is 4.79 Å². The quantitative estimate of drug-likeness (QED) is 0.762. The average molecular weight is 268 g/mol. The van der Waals surface area contributed by atoms with Gasteiger partial charge in [-0.05, 0) is 26.2 Å². The summed E-state index contributed by atoms with van der Waals surface area (Å²) >= 11 is 0. The van der Waals surface area contributed by atoms with Crippen molar-refractivity contribution in [2.75, 3.05) is 19.6 Å². The second-order valence-corrected chi connectivity index (χ2v) is 5.81. The Kier molecular flexibility index (Phi) is 3.12. The maximum atomic E-state index is 12.5. The van der Waals surface area contributed by atoms with Crippen molar-refractivity contribution in [1.82, 2.24) is 9.80 Å². The molecule has 0 aromatic heterocycles. The molecule has 0 saturated carbocycles. The molecule has 4 unspecified atom stereocenters. The van der Waals surface area contributed by atoms with Crippen LogP contribution in [0.25, 0.3) is 0 Å². The summed E-state index contributed by atoms with van der Waals surface area (Å²) in [6.07, 6.45) is 2.97. The van der Waals surface area contributed by atoms with Crippen LogP contribution in [-0.2, 0) is 9.53 Å². The van der Waals surface area contributed by atoms with E-state index in [4.69, 9.17) is 9.84 Å². The van der Waals surface area contributed by atoms with Gasteiger partial charge in [0.15, 0.2) is 0 Å². The zero-order valence-electron chi connectivity index (χ0n) is 11.1. The van der Waals surface area contributed by atoms with Crippen molar-refractivity contribution in [2.45, 2.75) is 44.4 Å². The summed E-state index contributed by atoms with van der Waals surface area (Å²) in [5.74, 6) is -1.23. The second kappa shape index (κ2) is 4.67. The molecule has 3 fully saturated rings. The van der Waals surface area contributed by atoms with Crippen molar-refractivity contribution < 1.29 is 19.4 Å². The van der Waals surface area contributed by atoms with E-state index in [2.05, 4.69) is 0 Å². The van der Waals surface area contributed by atoms with Crippen molar-refractivity contribution in [1.29, 1.82) is 0 Å². The molecule has 0 aromatic carbocycles. The number of aliphatic carboxylic acids is 1. The van der Waals surface area contributed by atoms with Crippen LogP contribution in [0.15, 0.2) is 0 Å². The Morgan fingerprint density at radius 3 is 2.32 bits per heavy atom. The van der Waals surface area contributed by atoms with Crippen molar-refractivity contribution in [3.63, 3.8) is 0 Å². The van der Waals surface area contributed by atoms with Crippen LogP contribution in [-0.4, -0.2) is 64.8 Å². The number of likely N-dealkylation sites (tertiary alicyclic amines) is 2. The van der Waals surface area contributed by atoms with E-state index >= 15 is 0 Å². The highest BCUT2D eigenvalue weighted by atomic mass is 16.5. The van der Waals surface area contributed by atoms with Crippen LogP contribution in [0, 0.1) is 5.92 Å². The molecule has 6 heteroatoms. The Labute approximate surface area is 112 Å². The Bertz CT molecular complexity index is 388. The lowest BCUT2D eigenvalue weighted by Gasteiger charge is -2.36. The third-order valence-corrected chi connectivity index (χ3v) is 4.63. The summed E-state index contributed by atoms with van der Waals surface area (Å²) in [4.78, 5) is 27.2. The predicted octanol–water partition coefficient (Wildman–Crippen LogP) is 0.765. The standard InChI is InChI=1S/C13H20N2O4/c1-8-11(12(16)17)4-5-15(8)13(18)14-6-9-2-3-10(7-14)19-9/h8-11H,2-7H2,1H3,(H,16,17). The third-order valence-electron chi connectivity index (χ3n) is 4.63. The molecule has 2 amide bonds. The number of urea groups is 1. The summed E-state index contributed by atoms with van der Waals surface area (Å²) in [6, 6.07) is -0.234. The lowest BCUT2D eigenvalue weighted by molar-refractivity contribution is -0.142. The number of amides is 2. The number of carbonyl (C=O) groups excluding carboxylic acids is 1. The summed E-state index contributed by atoms with van der Waals surface area (Å²) < 4.78 is 5.72. The third kappa shape index (κ3) is 2.18. The SMILES string of the molecule is CC1C(C(=O)O)CCN1C(=O)N1CC2CCC(C1)O2. The molecular weight excluding hydrogens is 248 g/mol. The first kappa shape index (κ1) is 12.7. The first-order chi connectivity index (χ1) is 9.06. The first-order valence-electron chi connectivity index (χ1n) is 7.00. The maximum absolute atomic E-state index is 12.5. The number of nitrogens with zero attached hydrogens (tertiary/aromatic N) is 2. The summed E-state index contributed by atoms with van der Waals surface area (Å²) in [5, 5.41) is 9.12. The van der Waals surface area contributed by atoms with E-state index in [9.17, 15) is 9.59 Å². The first-order valence-corrected chi connectivity index (χ1v) is 7.00. The number of carboxylic acids is 1. The van der Waals surface area contributed by atoms with E-state index in [1.807, 2.05) is 11.8 Å². The van der Waals surface area contributed by atoms with E-state index in [0.29, 0.717) is 26.1 Å². The molecule has 0 spiro atoms. The van der Waals surface area contributed by atoms with Crippen molar-refractivity contribution >= 4 is 12.0 Å². The highest BCUT2D eigenvalue weighted by Crippen LogP contribution is 2.30. The van der Waals surface area contributed by atoms with Gasteiger partial charge in [0.1, 0.15) is 0 Å². The number of carboxylic acid groups (broad SMARTS) is 1. The zero-order chi connectivity index (χ0) is 13.6. The molecule has 19 heavy (non-hydrogen) atoms. The largest absolute Gasteiger partial charge is 0.481 e. The summed E-state index contributed by atoms with van der Waals surface area (Å²) in [5.41, 5.74) is 0. The molecule has 3 saturated heterocycles. The van der Waals surface area contributed by atoms with Crippen molar-refractivity contribution in [3.8, 4) is 0 Å². The van der Waals surface area contributed by atoms with E-state index in [-0.39, 0.29) is 24.3 Å². The molecule has 4 atom stereocenters. The second-order valence-electron chi connectivity index (χ2n) is 5.81. The average Bonchev–Trinajstić information content (AvgIpc) is 2.91. The zero-order valence-corrected chi connectivity index (χ0v) is 11.1. The molecule has 6 nitrogen and oxygen atoms in total. The fourth-order valence-electron chi connectivity index (χ4n) is 3.49. The summed E-state index contributed by atoms with van der Waals surface area (Å²) in [6.45, 7) is 3.68. The topological polar surface area (TPSA) is 70.1 Å². The van der Waals surface area contributed by atoms with Crippen LogP contribution >= 0.6 is 0 Å². The smallest absolute Gasteiger partial charge is 0.320 e. The number of fused-ring (bicyclic) bond motifs is 2. The van der Waals surface area contributed by atoms with Gasteiger partial charge < -0.3 is 19.6 Å². The highest BCUT2D eigenvalue weighted by Gasteiger charge is 2.42. The van der Waals surface area contributed by atoms with Crippen LogP contribution in [0.5, 0.6) is 0 Å². The highest BCUT2D eigenvalue weighted by molar-refractivity contribution is 5.78. The van der Waals surface area contributed by atoms with Gasteiger partial charge in [-0.25, -0.2) is 4.79 Å². The van der Waals surface area contributed by atoms with Gasteiger partial charge in [0, 0.05) is 25.7 Å². The van der Waals surface area contributed by atoms with E-state index in [0.717, 1.165) is 12.8 Å². The van der Waals surface area contributed by atoms with Gasteiger partial charge in [0.25, 0.3) is 0 Å². The number of hydrogen-bond donors (Lipinski definition) is 1. The van der Waals surface area contributed by atoms with Gasteiger partial charge in [0.2, 0.25) is 0 Å². The predicted molar refractivity (Wildman–Crippen MR) is 66.8 cm³/mol. The number of morpholine rings is 1. The Morgan fingerprint density at radius 2 is 1.79 bits per heavy atom. The van der Waals surface area contributed by atoms with Gasteiger partial charge in [-0.2, -0.15) is 0 Å². The fourth-order valence-corrected chi connectivity index (χ4v) is 3.49. The molecule has 2 bridgehead atoms. The number of rotatable bonds is 1. The van der Waals surface area contributed by atoms with Crippen LogP contribution in [0.2, 0.25) is 0 Å². The molecule has 3 aliphatic heterocycles. The number of carbonyl (C=O) groups is 2. The van der Waals surface area contributed by atoms with Crippen LogP contribution in [0.1, 0.15) is 26.2 Å². The maximum Gasteiger partial charge on any atom is 0.320 e. The molecule has 0 aromatic rings. The minimum Gasteiger partial charge on any atom is -0.481 e.